The Balaban J connectivity index is 1.72. The lowest BCUT2D eigenvalue weighted by atomic mass is 10.1. The molecule has 0 aliphatic heterocycles. The molecule has 150 valence electrons. The fourth-order valence-corrected chi connectivity index (χ4v) is 5.25. The summed E-state index contributed by atoms with van der Waals surface area (Å²) in [5.41, 5.74) is 0.931. The van der Waals surface area contributed by atoms with Crippen molar-refractivity contribution >= 4 is 39.1 Å². The van der Waals surface area contributed by atoms with Gasteiger partial charge in [-0.15, -0.1) is 11.3 Å². The van der Waals surface area contributed by atoms with Crippen molar-refractivity contribution in [1.29, 1.82) is 0 Å². The second-order valence-electron chi connectivity index (χ2n) is 6.99. The van der Waals surface area contributed by atoms with Crippen LogP contribution < -0.4 is 9.47 Å². The monoisotopic (exact) mass is 462 g/mol. The van der Waals surface area contributed by atoms with E-state index in [2.05, 4.69) is 22.9 Å². The summed E-state index contributed by atoms with van der Waals surface area (Å²) in [6.45, 7) is 4.69. The Morgan fingerprint density at radius 1 is 1.21 bits per heavy atom. The Morgan fingerprint density at radius 3 is 2.71 bits per heavy atom. The smallest absolute Gasteiger partial charge is 0.195 e. The van der Waals surface area contributed by atoms with E-state index in [9.17, 15) is 4.79 Å². The second kappa shape index (κ2) is 10.3. The van der Waals surface area contributed by atoms with Crippen molar-refractivity contribution in [1.82, 2.24) is 0 Å². The highest BCUT2D eigenvalue weighted by Gasteiger charge is 2.18. The predicted octanol–water partition coefficient (Wildman–Crippen LogP) is 7.08. The molecular formula is C23H27BrO3S. The molecular weight excluding hydrogens is 436 g/mol. The molecule has 28 heavy (non-hydrogen) atoms. The highest BCUT2D eigenvalue weighted by atomic mass is 79.9. The fourth-order valence-electron chi connectivity index (χ4n) is 3.36. The Morgan fingerprint density at radius 2 is 2.00 bits per heavy atom. The van der Waals surface area contributed by atoms with E-state index in [4.69, 9.17) is 9.47 Å². The summed E-state index contributed by atoms with van der Waals surface area (Å²) >= 11 is 5.12. The summed E-state index contributed by atoms with van der Waals surface area (Å²) in [5, 5.41) is 0. The molecule has 0 saturated heterocycles. The maximum Gasteiger partial charge on any atom is 0.195 e. The number of rotatable bonds is 9. The minimum Gasteiger partial charge on any atom is -0.490 e. The lowest BCUT2D eigenvalue weighted by molar-refractivity contribution is 0.105. The molecule has 1 saturated carbocycles. The summed E-state index contributed by atoms with van der Waals surface area (Å²) in [7, 11) is 0. The van der Waals surface area contributed by atoms with E-state index in [1.54, 1.807) is 17.4 Å². The van der Waals surface area contributed by atoms with Gasteiger partial charge in [-0.05, 0) is 84.8 Å². The number of carbonyl (C=O) groups excluding carboxylic acids is 1. The zero-order valence-electron chi connectivity index (χ0n) is 16.5. The molecule has 1 aromatic heterocycles. The van der Waals surface area contributed by atoms with Crippen LogP contribution in [0.2, 0.25) is 0 Å². The predicted molar refractivity (Wildman–Crippen MR) is 120 cm³/mol. The molecule has 1 aliphatic carbocycles. The molecule has 3 nitrogen and oxygen atoms in total. The first-order valence-electron chi connectivity index (χ1n) is 10.0. The van der Waals surface area contributed by atoms with E-state index in [-0.39, 0.29) is 11.9 Å². The van der Waals surface area contributed by atoms with Crippen molar-refractivity contribution in [3.63, 3.8) is 0 Å². The minimum absolute atomic E-state index is 0.0253. The van der Waals surface area contributed by atoms with E-state index < -0.39 is 0 Å². The topological polar surface area (TPSA) is 35.5 Å². The maximum absolute atomic E-state index is 12.5. The molecule has 0 radical (unpaired) electrons. The first-order chi connectivity index (χ1) is 13.6. The van der Waals surface area contributed by atoms with Gasteiger partial charge in [0, 0.05) is 9.35 Å². The van der Waals surface area contributed by atoms with Crippen LogP contribution >= 0.6 is 27.3 Å². The van der Waals surface area contributed by atoms with Crippen molar-refractivity contribution in [2.45, 2.75) is 58.5 Å². The van der Waals surface area contributed by atoms with Crippen LogP contribution in [0.15, 0.2) is 34.8 Å². The third kappa shape index (κ3) is 5.48. The maximum atomic E-state index is 12.5. The van der Waals surface area contributed by atoms with E-state index in [1.807, 2.05) is 37.3 Å². The van der Waals surface area contributed by atoms with Crippen molar-refractivity contribution in [2.75, 3.05) is 6.61 Å². The van der Waals surface area contributed by atoms with Crippen LogP contribution in [0.25, 0.3) is 6.08 Å². The van der Waals surface area contributed by atoms with E-state index >= 15 is 0 Å². The molecule has 1 heterocycles. The van der Waals surface area contributed by atoms with Crippen LogP contribution in [0.5, 0.6) is 11.5 Å². The fraction of sp³-hybridized carbons (Fsp3) is 0.435. The Bertz CT molecular complexity index is 834. The molecule has 1 aromatic carbocycles. The molecule has 0 spiro atoms. The molecule has 5 heteroatoms. The van der Waals surface area contributed by atoms with Gasteiger partial charge in [0.25, 0.3) is 0 Å². The number of hydrogen-bond donors (Lipinski definition) is 0. The number of ether oxygens (including phenoxy) is 2. The summed E-state index contributed by atoms with van der Waals surface area (Å²) < 4.78 is 12.9. The van der Waals surface area contributed by atoms with Crippen molar-refractivity contribution < 1.29 is 14.3 Å². The van der Waals surface area contributed by atoms with Crippen molar-refractivity contribution in [3.8, 4) is 11.5 Å². The van der Waals surface area contributed by atoms with Crippen molar-refractivity contribution in [2.24, 2.45) is 0 Å². The Labute approximate surface area is 179 Å². The van der Waals surface area contributed by atoms with E-state index in [0.717, 1.165) is 52.1 Å². The summed E-state index contributed by atoms with van der Waals surface area (Å²) in [5.74, 6) is 1.56. The van der Waals surface area contributed by atoms with Crippen LogP contribution in [-0.2, 0) is 6.42 Å². The first kappa shape index (κ1) is 21.1. The van der Waals surface area contributed by atoms with Crippen molar-refractivity contribution in [3.05, 3.63) is 50.1 Å². The van der Waals surface area contributed by atoms with E-state index in [0.29, 0.717) is 6.61 Å². The molecule has 1 aliphatic rings. The lowest BCUT2D eigenvalue weighted by Crippen LogP contribution is -2.11. The Kier molecular flexibility index (Phi) is 7.74. The van der Waals surface area contributed by atoms with Crippen LogP contribution in [0, 0.1) is 0 Å². The quantitative estimate of drug-likeness (QED) is 0.295. The molecule has 0 N–H and O–H groups in total. The van der Waals surface area contributed by atoms with Gasteiger partial charge in [-0.2, -0.15) is 0 Å². The lowest BCUT2D eigenvalue weighted by Gasteiger charge is -2.17. The van der Waals surface area contributed by atoms with Crippen LogP contribution in [-0.4, -0.2) is 18.5 Å². The van der Waals surface area contributed by atoms with E-state index in [1.165, 1.54) is 17.7 Å². The average molecular weight is 463 g/mol. The second-order valence-corrected chi connectivity index (χ2v) is 8.98. The Hall–Kier alpha value is -1.59. The molecule has 0 amide bonds. The molecule has 0 bridgehead atoms. The number of carbonyl (C=O) groups is 1. The largest absolute Gasteiger partial charge is 0.490 e. The molecule has 1 fully saturated rings. The summed E-state index contributed by atoms with van der Waals surface area (Å²) in [4.78, 5) is 14.5. The summed E-state index contributed by atoms with van der Waals surface area (Å²) in [6.07, 6.45) is 10.5. The number of hydrogen-bond acceptors (Lipinski definition) is 4. The highest BCUT2D eigenvalue weighted by molar-refractivity contribution is 9.10. The van der Waals surface area contributed by atoms with Gasteiger partial charge < -0.3 is 9.47 Å². The van der Waals surface area contributed by atoms with Crippen LogP contribution in [0.1, 0.15) is 66.1 Å². The zero-order chi connectivity index (χ0) is 19.9. The molecule has 0 atom stereocenters. The number of benzene rings is 1. The number of aryl methyl sites for hydroxylation is 1. The molecule has 3 rings (SSSR count). The van der Waals surface area contributed by atoms with Gasteiger partial charge in [-0.3, -0.25) is 4.79 Å². The standard InChI is InChI=1S/C23H27BrO3S/c1-3-7-22-18(24)15-23(28-22)19(25)12-10-16-11-13-20(21(14-16)26-4-2)27-17-8-5-6-9-17/h10-15,17H,3-9H2,1-2H3/b12-10+. The van der Waals surface area contributed by atoms with Gasteiger partial charge in [0.05, 0.1) is 17.6 Å². The van der Waals surface area contributed by atoms with Gasteiger partial charge in [0.1, 0.15) is 0 Å². The van der Waals surface area contributed by atoms with Gasteiger partial charge >= 0.3 is 0 Å². The highest BCUT2D eigenvalue weighted by Crippen LogP contribution is 2.33. The van der Waals surface area contributed by atoms with Crippen LogP contribution in [0.3, 0.4) is 0 Å². The van der Waals surface area contributed by atoms with Gasteiger partial charge in [-0.25, -0.2) is 0 Å². The normalized spacial score (nSPS) is 14.7. The van der Waals surface area contributed by atoms with Crippen LogP contribution in [0.4, 0.5) is 0 Å². The van der Waals surface area contributed by atoms with Gasteiger partial charge in [0.2, 0.25) is 0 Å². The zero-order valence-corrected chi connectivity index (χ0v) is 18.9. The molecule has 2 aromatic rings. The minimum atomic E-state index is 0.0253. The summed E-state index contributed by atoms with van der Waals surface area (Å²) in [6, 6.07) is 7.80. The average Bonchev–Trinajstić information content (AvgIpc) is 3.32. The number of ketones is 1. The number of allylic oxidation sites excluding steroid dienone is 1. The van der Waals surface area contributed by atoms with Gasteiger partial charge in [-0.1, -0.05) is 25.5 Å². The van der Waals surface area contributed by atoms with Gasteiger partial charge in [0.15, 0.2) is 17.3 Å². The number of thiophene rings is 1. The number of halogens is 1. The first-order valence-corrected chi connectivity index (χ1v) is 11.7. The molecule has 0 unspecified atom stereocenters. The SMILES string of the molecule is CCCc1sc(C(=O)/C=C/c2ccc(OC3CCCC3)c(OCC)c2)cc1Br. The third-order valence-electron chi connectivity index (χ3n) is 4.77. The third-order valence-corrected chi connectivity index (χ3v) is 6.95.